The molecule has 124 valence electrons. The van der Waals surface area contributed by atoms with E-state index in [0.29, 0.717) is 6.61 Å². The highest BCUT2D eigenvalue weighted by atomic mass is 32.2. The minimum atomic E-state index is 0.589. The maximum Gasteiger partial charge on any atom is 0.208 e. The molecule has 0 bridgehead atoms. The van der Waals surface area contributed by atoms with Crippen molar-refractivity contribution in [3.63, 3.8) is 0 Å². The first-order chi connectivity index (χ1) is 11.7. The molecule has 3 aromatic rings. The van der Waals surface area contributed by atoms with Gasteiger partial charge in [-0.2, -0.15) is 0 Å². The van der Waals surface area contributed by atoms with E-state index in [2.05, 4.69) is 34.2 Å². The lowest BCUT2D eigenvalue weighted by atomic mass is 10.1. The van der Waals surface area contributed by atoms with Crippen LogP contribution >= 0.6 is 11.8 Å². The lowest BCUT2D eigenvalue weighted by molar-refractivity contribution is 0.342. The molecular weight excluding hydrogens is 322 g/mol. The summed E-state index contributed by atoms with van der Waals surface area (Å²) in [6.45, 7) is 2.65. The predicted octanol–water partition coefficient (Wildman–Crippen LogP) is 3.96. The molecule has 0 saturated heterocycles. The van der Waals surface area contributed by atoms with Crippen molar-refractivity contribution in [3.8, 4) is 22.9 Å². The van der Waals surface area contributed by atoms with Crippen LogP contribution in [-0.4, -0.2) is 34.7 Å². The Kier molecular flexibility index (Phi) is 5.38. The number of nitrogens with zero attached hydrogens (tertiary/aromatic N) is 2. The van der Waals surface area contributed by atoms with E-state index in [-0.39, 0.29) is 0 Å². The van der Waals surface area contributed by atoms with E-state index in [9.17, 15) is 0 Å². The van der Waals surface area contributed by atoms with Crippen LogP contribution in [0.25, 0.3) is 11.4 Å². The molecule has 0 spiro atoms. The van der Waals surface area contributed by atoms with Crippen LogP contribution in [0.5, 0.6) is 11.5 Å². The molecule has 0 aliphatic carbocycles. The molecule has 6 heteroatoms. The molecule has 1 heterocycles. The second kappa shape index (κ2) is 7.88. The number of H-pyrrole nitrogens is 1. The number of hydrogen-bond donors (Lipinski definition) is 1. The van der Waals surface area contributed by atoms with Gasteiger partial charge < -0.3 is 9.47 Å². The summed E-state index contributed by atoms with van der Waals surface area (Å²) in [7, 11) is 1.65. The summed E-state index contributed by atoms with van der Waals surface area (Å²) in [5.41, 5.74) is 2.26. The number of nitrogens with one attached hydrogen (secondary N) is 1. The van der Waals surface area contributed by atoms with Gasteiger partial charge in [0.05, 0.1) is 13.7 Å². The minimum Gasteiger partial charge on any atom is -0.497 e. The van der Waals surface area contributed by atoms with Crippen LogP contribution in [0, 0.1) is 6.92 Å². The third kappa shape index (κ3) is 4.29. The van der Waals surface area contributed by atoms with Crippen molar-refractivity contribution in [2.75, 3.05) is 19.5 Å². The van der Waals surface area contributed by atoms with E-state index >= 15 is 0 Å². The molecule has 24 heavy (non-hydrogen) atoms. The van der Waals surface area contributed by atoms with E-state index in [0.717, 1.165) is 33.8 Å². The third-order valence-corrected chi connectivity index (χ3v) is 4.24. The van der Waals surface area contributed by atoms with Gasteiger partial charge in [-0.3, -0.25) is 5.10 Å². The maximum absolute atomic E-state index is 5.69. The summed E-state index contributed by atoms with van der Waals surface area (Å²) in [6, 6.07) is 15.8. The van der Waals surface area contributed by atoms with Crippen LogP contribution in [0.4, 0.5) is 0 Å². The predicted molar refractivity (Wildman–Crippen MR) is 95.8 cm³/mol. The van der Waals surface area contributed by atoms with Gasteiger partial charge >= 0.3 is 0 Å². The molecule has 1 N–H and O–H groups in total. The zero-order valence-corrected chi connectivity index (χ0v) is 14.5. The average Bonchev–Trinajstić information content (AvgIpc) is 3.09. The number of aromatic amines is 1. The minimum absolute atomic E-state index is 0.589. The van der Waals surface area contributed by atoms with Crippen LogP contribution in [0.3, 0.4) is 0 Å². The van der Waals surface area contributed by atoms with Gasteiger partial charge in [0.25, 0.3) is 0 Å². The van der Waals surface area contributed by atoms with Crippen molar-refractivity contribution in [1.82, 2.24) is 15.2 Å². The quantitative estimate of drug-likeness (QED) is 0.521. The zero-order chi connectivity index (χ0) is 16.8. The summed E-state index contributed by atoms with van der Waals surface area (Å²) < 4.78 is 10.8. The number of thioether (sulfide) groups is 1. The smallest absolute Gasteiger partial charge is 0.208 e. The van der Waals surface area contributed by atoms with Crippen LogP contribution < -0.4 is 9.47 Å². The summed E-state index contributed by atoms with van der Waals surface area (Å²) in [6.07, 6.45) is 0. The number of hydrogen-bond acceptors (Lipinski definition) is 5. The second-order valence-electron chi connectivity index (χ2n) is 5.21. The molecule has 0 fully saturated rings. The topological polar surface area (TPSA) is 60.0 Å². The first-order valence-corrected chi connectivity index (χ1v) is 8.62. The van der Waals surface area contributed by atoms with E-state index in [1.54, 1.807) is 18.9 Å². The first kappa shape index (κ1) is 16.4. The number of ether oxygens (including phenoxy) is 2. The Bertz CT molecular complexity index is 770. The molecule has 0 atom stereocenters. The molecule has 1 aromatic heterocycles. The van der Waals surface area contributed by atoms with Crippen molar-refractivity contribution < 1.29 is 9.47 Å². The first-order valence-electron chi connectivity index (χ1n) is 7.64. The fourth-order valence-electron chi connectivity index (χ4n) is 2.12. The highest BCUT2D eigenvalue weighted by molar-refractivity contribution is 7.99. The number of methoxy groups -OCH3 is 1. The molecule has 2 aromatic carbocycles. The van der Waals surface area contributed by atoms with Crippen molar-refractivity contribution in [3.05, 3.63) is 54.1 Å². The molecule has 0 amide bonds. The largest absolute Gasteiger partial charge is 0.497 e. The van der Waals surface area contributed by atoms with Crippen LogP contribution in [-0.2, 0) is 0 Å². The molecule has 0 radical (unpaired) electrons. The van der Waals surface area contributed by atoms with Gasteiger partial charge in [-0.15, -0.1) is 5.10 Å². The van der Waals surface area contributed by atoms with Crippen molar-refractivity contribution in [1.29, 1.82) is 0 Å². The lowest BCUT2D eigenvalue weighted by Gasteiger charge is -2.05. The number of aryl methyl sites for hydroxylation is 1. The fraction of sp³-hybridized carbons (Fsp3) is 0.222. The van der Waals surface area contributed by atoms with Gasteiger partial charge in [0.2, 0.25) is 5.16 Å². The molecule has 3 rings (SSSR count). The summed E-state index contributed by atoms with van der Waals surface area (Å²) in [5.74, 6) is 3.21. The van der Waals surface area contributed by atoms with Gasteiger partial charge in [-0.1, -0.05) is 41.6 Å². The van der Waals surface area contributed by atoms with Gasteiger partial charge in [0.15, 0.2) is 5.82 Å². The van der Waals surface area contributed by atoms with Crippen molar-refractivity contribution in [2.45, 2.75) is 12.1 Å². The van der Waals surface area contributed by atoms with Crippen molar-refractivity contribution in [2.24, 2.45) is 0 Å². The van der Waals surface area contributed by atoms with Crippen molar-refractivity contribution >= 4 is 11.8 Å². The van der Waals surface area contributed by atoms with E-state index in [1.165, 1.54) is 5.56 Å². The second-order valence-corrected chi connectivity index (χ2v) is 6.27. The molecule has 0 aliphatic rings. The fourth-order valence-corrected chi connectivity index (χ4v) is 2.73. The molecule has 0 saturated carbocycles. The number of benzene rings is 2. The Hall–Kier alpha value is -2.47. The van der Waals surface area contributed by atoms with Gasteiger partial charge in [0, 0.05) is 11.3 Å². The Balaban J connectivity index is 1.47. The Labute approximate surface area is 145 Å². The van der Waals surface area contributed by atoms with E-state index < -0.39 is 0 Å². The monoisotopic (exact) mass is 341 g/mol. The van der Waals surface area contributed by atoms with Gasteiger partial charge in [0.1, 0.15) is 11.5 Å². The Morgan fingerprint density at radius 2 is 1.71 bits per heavy atom. The lowest BCUT2D eigenvalue weighted by Crippen LogP contribution is -2.00. The summed E-state index contributed by atoms with van der Waals surface area (Å²) in [5, 5.41) is 7.94. The van der Waals surface area contributed by atoms with Gasteiger partial charge in [-0.05, 0) is 31.2 Å². The number of aromatic nitrogens is 3. The average molecular weight is 341 g/mol. The molecule has 5 nitrogen and oxygen atoms in total. The normalized spacial score (nSPS) is 10.6. The SMILES string of the molecule is COc1ccc(OCCSc2n[nH]c(-c3ccc(C)cc3)n2)cc1. The highest BCUT2D eigenvalue weighted by Crippen LogP contribution is 2.20. The van der Waals surface area contributed by atoms with E-state index in [4.69, 9.17) is 9.47 Å². The zero-order valence-electron chi connectivity index (χ0n) is 13.7. The molecular formula is C18H19N3O2S. The van der Waals surface area contributed by atoms with Gasteiger partial charge in [-0.25, -0.2) is 4.98 Å². The number of rotatable bonds is 7. The maximum atomic E-state index is 5.69. The summed E-state index contributed by atoms with van der Waals surface area (Å²) in [4.78, 5) is 4.50. The standard InChI is InChI=1S/C18H19N3O2S/c1-13-3-5-14(6-4-13)17-19-18(21-20-17)24-12-11-23-16-9-7-15(22-2)8-10-16/h3-10H,11-12H2,1-2H3,(H,19,20,21). The van der Waals surface area contributed by atoms with Crippen LogP contribution in [0.2, 0.25) is 0 Å². The summed E-state index contributed by atoms with van der Waals surface area (Å²) >= 11 is 1.56. The third-order valence-electron chi connectivity index (χ3n) is 3.43. The molecule has 0 unspecified atom stereocenters. The van der Waals surface area contributed by atoms with Crippen LogP contribution in [0.1, 0.15) is 5.56 Å². The van der Waals surface area contributed by atoms with Crippen LogP contribution in [0.15, 0.2) is 53.7 Å². The van der Waals surface area contributed by atoms with E-state index in [1.807, 2.05) is 36.4 Å². The highest BCUT2D eigenvalue weighted by Gasteiger charge is 2.06. The Morgan fingerprint density at radius 1 is 1.00 bits per heavy atom. The molecule has 0 aliphatic heterocycles. The Morgan fingerprint density at radius 3 is 2.42 bits per heavy atom.